The highest BCUT2D eigenvalue weighted by molar-refractivity contribution is 5.86. The lowest BCUT2D eigenvalue weighted by Gasteiger charge is -2.03. The third-order valence-electron chi connectivity index (χ3n) is 3.47. The zero-order valence-electron chi connectivity index (χ0n) is 12.2. The van der Waals surface area contributed by atoms with E-state index in [0.29, 0.717) is 17.6 Å². The van der Waals surface area contributed by atoms with Gasteiger partial charge in [-0.15, -0.1) is 0 Å². The molecule has 0 unspecified atom stereocenters. The average Bonchev–Trinajstić information content (AvgIpc) is 2.81. The summed E-state index contributed by atoms with van der Waals surface area (Å²) in [5.41, 5.74) is 1.88. The summed E-state index contributed by atoms with van der Waals surface area (Å²) in [6.07, 6.45) is -0.643. The first-order valence-electron chi connectivity index (χ1n) is 7.13. The SMILES string of the molecule is CCOC(=O)n1c(=O)n(Cc2ccccc2)c2ccccc21. The van der Waals surface area contributed by atoms with Crippen molar-refractivity contribution in [1.82, 2.24) is 9.13 Å². The normalized spacial score (nSPS) is 10.8. The van der Waals surface area contributed by atoms with Gasteiger partial charge in [0.25, 0.3) is 0 Å². The van der Waals surface area contributed by atoms with Crippen LogP contribution in [0.3, 0.4) is 0 Å². The maximum atomic E-state index is 12.6. The Bertz CT molecular complexity index is 862. The number of ether oxygens (including phenoxy) is 1. The van der Waals surface area contributed by atoms with E-state index < -0.39 is 6.09 Å². The summed E-state index contributed by atoms with van der Waals surface area (Å²) in [4.78, 5) is 24.7. The number of rotatable bonds is 3. The Kier molecular flexibility index (Phi) is 3.78. The zero-order valence-corrected chi connectivity index (χ0v) is 12.2. The van der Waals surface area contributed by atoms with Crippen LogP contribution >= 0.6 is 0 Å². The van der Waals surface area contributed by atoms with Gasteiger partial charge in [0.2, 0.25) is 0 Å². The number of carbonyl (C=O) groups excluding carboxylic acids is 1. The number of carbonyl (C=O) groups is 1. The molecule has 0 fully saturated rings. The highest BCUT2D eigenvalue weighted by Gasteiger charge is 2.18. The van der Waals surface area contributed by atoms with Crippen LogP contribution in [0, 0.1) is 0 Å². The van der Waals surface area contributed by atoms with E-state index in [0.717, 1.165) is 10.1 Å². The highest BCUT2D eigenvalue weighted by atomic mass is 16.5. The molecule has 3 rings (SSSR count). The van der Waals surface area contributed by atoms with Gasteiger partial charge >= 0.3 is 11.8 Å². The van der Waals surface area contributed by atoms with E-state index in [2.05, 4.69) is 0 Å². The molecule has 0 aliphatic carbocycles. The number of aromatic nitrogens is 2. The number of nitrogens with zero attached hydrogens (tertiary/aromatic N) is 2. The van der Waals surface area contributed by atoms with Crippen molar-refractivity contribution >= 4 is 17.1 Å². The standard InChI is InChI=1S/C17H16N2O3/c1-2-22-17(21)19-15-11-7-6-10-14(15)18(16(19)20)12-13-8-4-3-5-9-13/h3-11H,2,12H2,1H3. The first-order valence-corrected chi connectivity index (χ1v) is 7.13. The van der Waals surface area contributed by atoms with Crippen molar-refractivity contribution in [3.05, 3.63) is 70.6 Å². The van der Waals surface area contributed by atoms with Crippen LogP contribution in [0.4, 0.5) is 4.79 Å². The largest absolute Gasteiger partial charge is 0.449 e. The fraction of sp³-hybridized carbons (Fsp3) is 0.176. The monoisotopic (exact) mass is 296 g/mol. The van der Waals surface area contributed by atoms with Gasteiger partial charge in [0.1, 0.15) is 0 Å². The van der Waals surface area contributed by atoms with Crippen LogP contribution in [0.1, 0.15) is 12.5 Å². The van der Waals surface area contributed by atoms with Crippen molar-refractivity contribution in [3.8, 4) is 0 Å². The van der Waals surface area contributed by atoms with E-state index in [1.165, 1.54) is 0 Å². The van der Waals surface area contributed by atoms with Crippen molar-refractivity contribution < 1.29 is 9.53 Å². The summed E-state index contributed by atoms with van der Waals surface area (Å²) < 4.78 is 7.66. The van der Waals surface area contributed by atoms with E-state index in [1.54, 1.807) is 23.6 Å². The second-order valence-electron chi connectivity index (χ2n) is 4.88. The zero-order chi connectivity index (χ0) is 15.5. The molecule has 0 aliphatic heterocycles. The molecule has 0 saturated heterocycles. The lowest BCUT2D eigenvalue weighted by Crippen LogP contribution is -2.30. The summed E-state index contributed by atoms with van der Waals surface area (Å²) in [5.74, 6) is 0. The van der Waals surface area contributed by atoms with Crippen LogP contribution in [0.15, 0.2) is 59.4 Å². The molecule has 0 radical (unpaired) electrons. The molecule has 5 nitrogen and oxygen atoms in total. The number of imidazole rings is 1. The summed E-state index contributed by atoms with van der Waals surface area (Å²) in [6.45, 7) is 2.35. The van der Waals surface area contributed by atoms with E-state index in [1.807, 2.05) is 42.5 Å². The predicted molar refractivity (Wildman–Crippen MR) is 84.2 cm³/mol. The van der Waals surface area contributed by atoms with Gasteiger partial charge in [-0.05, 0) is 24.6 Å². The first kappa shape index (κ1) is 14.1. The molecule has 0 saturated carbocycles. The lowest BCUT2D eigenvalue weighted by molar-refractivity contribution is 0.154. The molecule has 2 aromatic carbocycles. The Balaban J connectivity index is 2.16. The molecule has 0 bridgehead atoms. The minimum Gasteiger partial charge on any atom is -0.449 e. The van der Waals surface area contributed by atoms with Gasteiger partial charge in [0.05, 0.1) is 24.2 Å². The van der Waals surface area contributed by atoms with Gasteiger partial charge < -0.3 is 4.74 Å². The van der Waals surface area contributed by atoms with Crippen LogP contribution in [0.5, 0.6) is 0 Å². The van der Waals surface area contributed by atoms with Crippen molar-refractivity contribution in [3.63, 3.8) is 0 Å². The minimum atomic E-state index is -0.643. The molecule has 0 spiro atoms. The molecule has 3 aromatic rings. The van der Waals surface area contributed by atoms with E-state index in [9.17, 15) is 9.59 Å². The Morgan fingerprint density at radius 3 is 2.32 bits per heavy atom. The molecule has 112 valence electrons. The third-order valence-corrected chi connectivity index (χ3v) is 3.47. The molecular weight excluding hydrogens is 280 g/mol. The number of benzene rings is 2. The molecule has 5 heteroatoms. The van der Waals surface area contributed by atoms with Crippen molar-refractivity contribution in [2.45, 2.75) is 13.5 Å². The van der Waals surface area contributed by atoms with E-state index >= 15 is 0 Å². The maximum Gasteiger partial charge on any atom is 0.422 e. The molecule has 0 N–H and O–H groups in total. The lowest BCUT2D eigenvalue weighted by atomic mass is 10.2. The number of para-hydroxylation sites is 2. The van der Waals surface area contributed by atoms with Gasteiger partial charge in [-0.2, -0.15) is 4.57 Å². The quantitative estimate of drug-likeness (QED) is 0.747. The van der Waals surface area contributed by atoms with Gasteiger partial charge in [-0.1, -0.05) is 42.5 Å². The molecule has 0 atom stereocenters. The van der Waals surface area contributed by atoms with Crippen LogP contribution in [-0.4, -0.2) is 21.8 Å². The Morgan fingerprint density at radius 2 is 1.64 bits per heavy atom. The Labute approximate surface area is 127 Å². The Hall–Kier alpha value is -2.82. The highest BCUT2D eigenvalue weighted by Crippen LogP contribution is 2.14. The topological polar surface area (TPSA) is 53.2 Å². The van der Waals surface area contributed by atoms with Gasteiger partial charge in [-0.25, -0.2) is 9.59 Å². The molecule has 22 heavy (non-hydrogen) atoms. The summed E-state index contributed by atoms with van der Waals surface area (Å²) in [6, 6.07) is 16.9. The fourth-order valence-electron chi connectivity index (χ4n) is 2.49. The second kappa shape index (κ2) is 5.89. The summed E-state index contributed by atoms with van der Waals surface area (Å²) in [7, 11) is 0. The smallest absolute Gasteiger partial charge is 0.422 e. The summed E-state index contributed by atoms with van der Waals surface area (Å²) >= 11 is 0. The molecule has 0 aliphatic rings. The molecular formula is C17H16N2O3. The minimum absolute atomic E-state index is 0.226. The van der Waals surface area contributed by atoms with Gasteiger partial charge in [0.15, 0.2) is 0 Å². The summed E-state index contributed by atoms with van der Waals surface area (Å²) in [5, 5.41) is 0. The van der Waals surface area contributed by atoms with E-state index in [-0.39, 0.29) is 12.3 Å². The molecule has 0 amide bonds. The average molecular weight is 296 g/mol. The number of fused-ring (bicyclic) bond motifs is 1. The number of hydrogen-bond donors (Lipinski definition) is 0. The van der Waals surface area contributed by atoms with Gasteiger partial charge in [0, 0.05) is 0 Å². The second-order valence-corrected chi connectivity index (χ2v) is 4.88. The van der Waals surface area contributed by atoms with Crippen LogP contribution in [0.25, 0.3) is 11.0 Å². The van der Waals surface area contributed by atoms with Crippen LogP contribution in [-0.2, 0) is 11.3 Å². The van der Waals surface area contributed by atoms with Crippen molar-refractivity contribution in [2.75, 3.05) is 6.61 Å². The van der Waals surface area contributed by atoms with Crippen molar-refractivity contribution in [2.24, 2.45) is 0 Å². The molecule has 1 aromatic heterocycles. The van der Waals surface area contributed by atoms with Crippen molar-refractivity contribution in [1.29, 1.82) is 0 Å². The van der Waals surface area contributed by atoms with Crippen LogP contribution in [0.2, 0.25) is 0 Å². The Morgan fingerprint density at radius 1 is 1.00 bits per heavy atom. The predicted octanol–water partition coefficient (Wildman–Crippen LogP) is 2.86. The first-order chi connectivity index (χ1) is 10.7. The van der Waals surface area contributed by atoms with E-state index in [4.69, 9.17) is 4.74 Å². The molecule has 1 heterocycles. The third kappa shape index (κ3) is 2.41. The number of hydrogen-bond acceptors (Lipinski definition) is 3. The maximum absolute atomic E-state index is 12.6. The van der Waals surface area contributed by atoms with Crippen LogP contribution < -0.4 is 5.69 Å². The fourth-order valence-corrected chi connectivity index (χ4v) is 2.49. The van der Waals surface area contributed by atoms with Gasteiger partial charge in [-0.3, -0.25) is 4.57 Å².